The maximum atomic E-state index is 12.7. The Balaban J connectivity index is 4.66. The van der Waals surface area contributed by atoms with E-state index in [4.69, 9.17) is 23.8 Å². The average Bonchev–Trinajstić information content (AvgIpc) is 3.20. The van der Waals surface area contributed by atoms with Gasteiger partial charge in [-0.25, -0.2) is 9.13 Å². The first-order valence-corrected chi connectivity index (χ1v) is 25.5. The topological polar surface area (TPSA) is 216 Å². The summed E-state index contributed by atoms with van der Waals surface area (Å²) in [4.78, 5) is 52.7. The number of rotatable bonds is 42. The lowest BCUT2D eigenvalue weighted by Crippen LogP contribution is -2.30. The summed E-state index contributed by atoms with van der Waals surface area (Å²) < 4.78 is 47.7. The smallest absolute Gasteiger partial charge is 0.462 e. The Labute approximate surface area is 361 Å². The van der Waals surface area contributed by atoms with Crippen molar-refractivity contribution in [3.63, 3.8) is 0 Å². The van der Waals surface area contributed by atoms with E-state index < -0.39 is 72.3 Å². The molecule has 350 valence electrons. The predicted molar refractivity (Wildman–Crippen MR) is 236 cm³/mol. The first-order valence-electron chi connectivity index (χ1n) is 22.4. The van der Waals surface area contributed by atoms with E-state index in [0.717, 1.165) is 38.5 Å². The molecule has 14 nitrogen and oxygen atoms in total. The number of unbranched alkanes of at least 4 members (excludes halogenated alkanes) is 18. The molecule has 0 heterocycles. The Morgan fingerprint density at radius 2 is 1.07 bits per heavy atom. The van der Waals surface area contributed by atoms with Crippen molar-refractivity contribution in [3.8, 4) is 0 Å². The number of carbonyl (C=O) groups is 2. The number of aliphatic hydroxyl groups is 2. The van der Waals surface area contributed by atoms with Gasteiger partial charge in [0.1, 0.15) is 12.7 Å². The van der Waals surface area contributed by atoms with Crippen molar-refractivity contribution in [2.75, 3.05) is 26.4 Å². The molecule has 0 saturated heterocycles. The molecule has 0 aliphatic rings. The molecule has 60 heavy (non-hydrogen) atoms. The van der Waals surface area contributed by atoms with Crippen LogP contribution in [0.15, 0.2) is 48.6 Å². The molecule has 0 bridgehead atoms. The molecule has 0 aromatic carbocycles. The van der Waals surface area contributed by atoms with Gasteiger partial charge < -0.3 is 34.4 Å². The molecule has 0 rings (SSSR count). The minimum absolute atomic E-state index is 0.0609. The fourth-order valence-corrected chi connectivity index (χ4v) is 6.99. The van der Waals surface area contributed by atoms with Crippen molar-refractivity contribution in [2.24, 2.45) is 0 Å². The Bertz CT molecular complexity index is 1270. The van der Waals surface area contributed by atoms with Crippen LogP contribution in [0.5, 0.6) is 0 Å². The number of carbonyl (C=O) groups excluding carboxylic acids is 2. The van der Waals surface area contributed by atoms with Gasteiger partial charge in [-0.05, 0) is 44.9 Å². The molecule has 0 spiro atoms. The standard InChI is InChI=1S/C44H80O14P2/c1-3-5-7-9-11-13-14-15-16-17-18-20-22-26-31-35-44(48)58-42(39-57-60(52,53)56-37-41(46)36-55-59(49,50)51)38-54-43(47)34-30-27-23-25-29-33-40(45)32-28-24-21-19-12-10-8-6-4-2/h12,19,23-25,28-29,33,40-42,45-46H,3-11,13-18,20-22,26-27,30-32,34-39H2,1-2H3,(H,52,53)(H2,49,50,51)/b19-12-,25-23+,28-24-,33-29-/t40?,41-,42+/m0/s1. The maximum absolute atomic E-state index is 12.7. The molecule has 16 heteroatoms. The van der Waals surface area contributed by atoms with Crippen LogP contribution < -0.4 is 0 Å². The van der Waals surface area contributed by atoms with E-state index in [1.165, 1.54) is 83.5 Å². The summed E-state index contributed by atoms with van der Waals surface area (Å²) in [6.07, 6.45) is 37.0. The van der Waals surface area contributed by atoms with Gasteiger partial charge in [0, 0.05) is 12.8 Å². The van der Waals surface area contributed by atoms with Crippen molar-refractivity contribution in [2.45, 2.75) is 193 Å². The third kappa shape index (κ3) is 42.7. The van der Waals surface area contributed by atoms with Gasteiger partial charge in [0.2, 0.25) is 0 Å². The third-order valence-electron chi connectivity index (χ3n) is 9.29. The number of hydrogen-bond donors (Lipinski definition) is 5. The first-order chi connectivity index (χ1) is 28.8. The van der Waals surface area contributed by atoms with Crippen LogP contribution in [0.25, 0.3) is 0 Å². The van der Waals surface area contributed by atoms with Gasteiger partial charge in [-0.2, -0.15) is 0 Å². The molecule has 0 fully saturated rings. The number of phosphoric ester groups is 2. The van der Waals surface area contributed by atoms with E-state index in [0.29, 0.717) is 25.7 Å². The summed E-state index contributed by atoms with van der Waals surface area (Å²) in [5.41, 5.74) is 0. The quantitative estimate of drug-likeness (QED) is 0.0127. The second-order valence-corrected chi connectivity index (χ2v) is 17.9. The molecule has 0 aliphatic heterocycles. The Hall–Kier alpha value is -1.96. The van der Waals surface area contributed by atoms with E-state index in [2.05, 4.69) is 35.0 Å². The molecule has 0 aromatic heterocycles. The minimum atomic E-state index is -4.88. The van der Waals surface area contributed by atoms with Gasteiger partial charge in [-0.3, -0.25) is 23.2 Å². The lowest BCUT2D eigenvalue weighted by atomic mass is 10.0. The molecular weight excluding hydrogens is 814 g/mol. The van der Waals surface area contributed by atoms with Gasteiger partial charge in [-0.15, -0.1) is 0 Å². The molecule has 0 amide bonds. The highest BCUT2D eigenvalue weighted by atomic mass is 31.2. The largest absolute Gasteiger partial charge is 0.472 e. The summed E-state index contributed by atoms with van der Waals surface area (Å²) in [5.74, 6) is -1.16. The van der Waals surface area contributed by atoms with Crippen molar-refractivity contribution < 1.29 is 66.7 Å². The summed E-state index contributed by atoms with van der Waals surface area (Å²) in [7, 11) is -9.71. The number of allylic oxidation sites excluding steroid dienone is 6. The summed E-state index contributed by atoms with van der Waals surface area (Å²) in [6.45, 7) is 1.58. The van der Waals surface area contributed by atoms with Crippen LogP contribution in [0.3, 0.4) is 0 Å². The molecule has 0 aliphatic carbocycles. The van der Waals surface area contributed by atoms with Crippen LogP contribution in [0, 0.1) is 0 Å². The van der Waals surface area contributed by atoms with Crippen LogP contribution in [-0.4, -0.2) is 81.6 Å². The highest BCUT2D eigenvalue weighted by molar-refractivity contribution is 7.47. The molecule has 2 unspecified atom stereocenters. The monoisotopic (exact) mass is 895 g/mol. The molecule has 0 radical (unpaired) electrons. The molecule has 0 aromatic rings. The number of ether oxygens (including phenoxy) is 2. The predicted octanol–water partition coefficient (Wildman–Crippen LogP) is 10.4. The average molecular weight is 895 g/mol. The Morgan fingerprint density at radius 1 is 0.550 bits per heavy atom. The van der Waals surface area contributed by atoms with E-state index in [1.807, 2.05) is 18.2 Å². The van der Waals surface area contributed by atoms with Crippen molar-refractivity contribution in [3.05, 3.63) is 48.6 Å². The van der Waals surface area contributed by atoms with Gasteiger partial charge in [0.05, 0.1) is 25.9 Å². The van der Waals surface area contributed by atoms with Gasteiger partial charge in [0.25, 0.3) is 0 Å². The molecule has 0 saturated carbocycles. The minimum Gasteiger partial charge on any atom is -0.462 e. The van der Waals surface area contributed by atoms with Crippen molar-refractivity contribution >= 4 is 27.6 Å². The fourth-order valence-electron chi connectivity index (χ4n) is 5.83. The van der Waals surface area contributed by atoms with Crippen molar-refractivity contribution in [1.29, 1.82) is 0 Å². The third-order valence-corrected chi connectivity index (χ3v) is 10.7. The molecule has 4 atom stereocenters. The van der Waals surface area contributed by atoms with E-state index >= 15 is 0 Å². The SMILES string of the molecule is CCCCC/C=C\C/C=C\CC(O)/C=C\C=C\CCCC(=O)OC[C@H](COP(=O)(O)OC[C@@H](O)COP(=O)(O)O)OC(=O)CCCCCCCCCCCCCCCCC. The number of phosphoric acid groups is 2. The Morgan fingerprint density at radius 3 is 1.68 bits per heavy atom. The first kappa shape index (κ1) is 58.0. The highest BCUT2D eigenvalue weighted by Gasteiger charge is 2.28. The number of hydrogen-bond acceptors (Lipinski definition) is 11. The summed E-state index contributed by atoms with van der Waals surface area (Å²) in [5, 5.41) is 19.9. The molecular formula is C44H80O14P2. The van der Waals surface area contributed by atoms with Crippen LogP contribution in [0.1, 0.15) is 174 Å². The second-order valence-electron chi connectivity index (χ2n) is 15.2. The highest BCUT2D eigenvalue weighted by Crippen LogP contribution is 2.43. The Kier molecular flexibility index (Phi) is 38.6. The van der Waals surface area contributed by atoms with Crippen LogP contribution >= 0.6 is 15.6 Å². The lowest BCUT2D eigenvalue weighted by molar-refractivity contribution is -0.161. The zero-order valence-corrected chi connectivity index (χ0v) is 38.5. The molecule has 5 N–H and O–H groups in total. The van der Waals surface area contributed by atoms with Crippen LogP contribution in [0.4, 0.5) is 0 Å². The van der Waals surface area contributed by atoms with Crippen molar-refractivity contribution in [1.82, 2.24) is 0 Å². The van der Waals surface area contributed by atoms with E-state index in [1.54, 1.807) is 18.2 Å². The van der Waals surface area contributed by atoms with Gasteiger partial charge >= 0.3 is 27.6 Å². The van der Waals surface area contributed by atoms with E-state index in [9.17, 15) is 33.8 Å². The van der Waals surface area contributed by atoms with E-state index in [-0.39, 0.29) is 12.8 Å². The van der Waals surface area contributed by atoms with Crippen LogP contribution in [-0.2, 0) is 41.8 Å². The van der Waals surface area contributed by atoms with Gasteiger partial charge in [-0.1, -0.05) is 165 Å². The number of esters is 2. The zero-order chi connectivity index (χ0) is 44.6. The zero-order valence-electron chi connectivity index (χ0n) is 36.7. The lowest BCUT2D eigenvalue weighted by Gasteiger charge is -2.20. The second kappa shape index (κ2) is 39.9. The number of aliphatic hydroxyl groups excluding tert-OH is 2. The fraction of sp³-hybridized carbons (Fsp3) is 0.773. The normalized spacial score (nSPS) is 15.0. The summed E-state index contributed by atoms with van der Waals surface area (Å²) in [6, 6.07) is 0. The van der Waals surface area contributed by atoms with Gasteiger partial charge in [0.15, 0.2) is 6.10 Å². The van der Waals surface area contributed by atoms with Crippen LogP contribution in [0.2, 0.25) is 0 Å². The summed E-state index contributed by atoms with van der Waals surface area (Å²) >= 11 is 0. The maximum Gasteiger partial charge on any atom is 0.472 e.